The molecule has 0 aromatic heterocycles. The zero-order chi connectivity index (χ0) is 12.7. The van der Waals surface area contributed by atoms with E-state index in [1.54, 1.807) is 6.07 Å². The standard InChI is InChI=1S/C11H14FN3O2/c1-13-11(17)15-7-6-14-10(16)8-4-2-3-5-9(8)12/h2-5H,6-7H2,1H3,(H,14,16)(H2,13,15,17). The molecule has 0 aliphatic carbocycles. The quantitative estimate of drug-likeness (QED) is 0.669. The fourth-order valence-corrected chi connectivity index (χ4v) is 1.18. The number of hydrogen-bond acceptors (Lipinski definition) is 2. The Morgan fingerprint density at radius 2 is 1.82 bits per heavy atom. The number of rotatable bonds is 4. The van der Waals surface area contributed by atoms with Crippen molar-refractivity contribution in [1.29, 1.82) is 0 Å². The Balaban J connectivity index is 2.36. The molecule has 0 heterocycles. The number of urea groups is 1. The lowest BCUT2D eigenvalue weighted by molar-refractivity contribution is 0.0950. The third-order valence-corrected chi connectivity index (χ3v) is 2.04. The van der Waals surface area contributed by atoms with Crippen LogP contribution in [0, 0.1) is 5.82 Å². The van der Waals surface area contributed by atoms with E-state index in [1.165, 1.54) is 25.2 Å². The molecule has 5 nitrogen and oxygen atoms in total. The van der Waals surface area contributed by atoms with Gasteiger partial charge in [0.2, 0.25) is 0 Å². The maximum atomic E-state index is 13.2. The summed E-state index contributed by atoms with van der Waals surface area (Å²) in [5.41, 5.74) is -0.00700. The van der Waals surface area contributed by atoms with Crippen molar-refractivity contribution in [2.75, 3.05) is 20.1 Å². The summed E-state index contributed by atoms with van der Waals surface area (Å²) in [6, 6.07) is 5.39. The van der Waals surface area contributed by atoms with E-state index in [2.05, 4.69) is 16.0 Å². The van der Waals surface area contributed by atoms with Crippen LogP contribution in [0.1, 0.15) is 10.4 Å². The van der Waals surface area contributed by atoms with Crippen LogP contribution >= 0.6 is 0 Å². The van der Waals surface area contributed by atoms with E-state index >= 15 is 0 Å². The molecule has 92 valence electrons. The normalized spacial score (nSPS) is 9.53. The Kier molecular flexibility index (Phi) is 4.93. The Hall–Kier alpha value is -2.11. The van der Waals surface area contributed by atoms with Gasteiger partial charge in [-0.25, -0.2) is 9.18 Å². The summed E-state index contributed by atoms with van der Waals surface area (Å²) in [6.07, 6.45) is 0. The Morgan fingerprint density at radius 3 is 2.47 bits per heavy atom. The lowest BCUT2D eigenvalue weighted by Crippen LogP contribution is -2.38. The molecule has 0 fully saturated rings. The molecule has 0 saturated carbocycles. The van der Waals surface area contributed by atoms with Gasteiger partial charge in [-0.1, -0.05) is 12.1 Å². The first-order valence-electron chi connectivity index (χ1n) is 5.13. The van der Waals surface area contributed by atoms with Gasteiger partial charge in [0, 0.05) is 20.1 Å². The van der Waals surface area contributed by atoms with Gasteiger partial charge < -0.3 is 16.0 Å². The maximum absolute atomic E-state index is 13.2. The summed E-state index contributed by atoms with van der Waals surface area (Å²) in [4.78, 5) is 22.3. The minimum atomic E-state index is -0.565. The van der Waals surface area contributed by atoms with Crippen LogP contribution < -0.4 is 16.0 Å². The number of carbonyl (C=O) groups excluding carboxylic acids is 2. The van der Waals surface area contributed by atoms with Gasteiger partial charge in [-0.3, -0.25) is 4.79 Å². The van der Waals surface area contributed by atoms with Crippen molar-refractivity contribution in [3.05, 3.63) is 35.6 Å². The van der Waals surface area contributed by atoms with Gasteiger partial charge >= 0.3 is 6.03 Å². The van der Waals surface area contributed by atoms with E-state index < -0.39 is 11.7 Å². The summed E-state index contributed by atoms with van der Waals surface area (Å²) in [5.74, 6) is -1.06. The number of amides is 3. The molecule has 17 heavy (non-hydrogen) atoms. The van der Waals surface area contributed by atoms with Crippen LogP contribution in [0.2, 0.25) is 0 Å². The molecule has 0 spiro atoms. The molecule has 0 radical (unpaired) electrons. The Morgan fingerprint density at radius 1 is 1.18 bits per heavy atom. The van der Waals surface area contributed by atoms with E-state index in [4.69, 9.17) is 0 Å². The van der Waals surface area contributed by atoms with Crippen LogP contribution in [-0.4, -0.2) is 32.1 Å². The third-order valence-electron chi connectivity index (χ3n) is 2.04. The third kappa shape index (κ3) is 4.10. The van der Waals surface area contributed by atoms with Crippen molar-refractivity contribution in [3.8, 4) is 0 Å². The number of halogens is 1. The van der Waals surface area contributed by atoms with E-state index in [0.717, 1.165) is 0 Å². The summed E-state index contributed by atoms with van der Waals surface area (Å²) in [7, 11) is 1.49. The van der Waals surface area contributed by atoms with Crippen LogP contribution in [0.4, 0.5) is 9.18 Å². The average Bonchev–Trinajstić information content (AvgIpc) is 2.34. The Labute approximate surface area is 98.4 Å². The van der Waals surface area contributed by atoms with E-state index in [1.807, 2.05) is 0 Å². The van der Waals surface area contributed by atoms with Crippen molar-refractivity contribution in [3.63, 3.8) is 0 Å². The fourth-order valence-electron chi connectivity index (χ4n) is 1.18. The smallest absolute Gasteiger partial charge is 0.314 e. The van der Waals surface area contributed by atoms with Crippen molar-refractivity contribution < 1.29 is 14.0 Å². The average molecular weight is 239 g/mol. The van der Waals surface area contributed by atoms with Gasteiger partial charge in [0.1, 0.15) is 5.82 Å². The van der Waals surface area contributed by atoms with Crippen LogP contribution in [-0.2, 0) is 0 Å². The molecule has 1 rings (SSSR count). The second kappa shape index (κ2) is 6.47. The SMILES string of the molecule is CNC(=O)NCCNC(=O)c1ccccc1F. The lowest BCUT2D eigenvalue weighted by atomic mass is 10.2. The molecule has 0 aliphatic heterocycles. The zero-order valence-electron chi connectivity index (χ0n) is 9.42. The predicted octanol–water partition coefficient (Wildman–Crippen LogP) is 0.485. The van der Waals surface area contributed by atoms with Crippen molar-refractivity contribution >= 4 is 11.9 Å². The summed E-state index contributed by atoms with van der Waals surface area (Å²) in [5, 5.41) is 7.36. The maximum Gasteiger partial charge on any atom is 0.314 e. The van der Waals surface area contributed by atoms with Crippen molar-refractivity contribution in [2.45, 2.75) is 0 Å². The highest BCUT2D eigenvalue weighted by Crippen LogP contribution is 2.05. The second-order valence-electron chi connectivity index (χ2n) is 3.24. The predicted molar refractivity (Wildman–Crippen MR) is 61.2 cm³/mol. The molecule has 6 heteroatoms. The van der Waals surface area contributed by atoms with Crippen LogP contribution in [0.5, 0.6) is 0 Å². The molecule has 3 N–H and O–H groups in total. The molecule has 0 saturated heterocycles. The first-order chi connectivity index (χ1) is 8.15. The lowest BCUT2D eigenvalue weighted by Gasteiger charge is -2.07. The number of hydrogen-bond donors (Lipinski definition) is 3. The van der Waals surface area contributed by atoms with Crippen LogP contribution in [0.25, 0.3) is 0 Å². The molecule has 0 atom stereocenters. The number of carbonyl (C=O) groups is 2. The molecule has 3 amide bonds. The highest BCUT2D eigenvalue weighted by molar-refractivity contribution is 5.94. The van der Waals surface area contributed by atoms with Gasteiger partial charge in [-0.2, -0.15) is 0 Å². The number of benzene rings is 1. The van der Waals surface area contributed by atoms with Crippen LogP contribution in [0.3, 0.4) is 0 Å². The van der Waals surface area contributed by atoms with E-state index in [9.17, 15) is 14.0 Å². The molecular weight excluding hydrogens is 225 g/mol. The second-order valence-corrected chi connectivity index (χ2v) is 3.24. The van der Waals surface area contributed by atoms with Gasteiger partial charge in [-0.05, 0) is 12.1 Å². The molecular formula is C11H14FN3O2. The molecule has 1 aromatic carbocycles. The minimum absolute atomic E-state index is 0.00700. The zero-order valence-corrected chi connectivity index (χ0v) is 9.42. The monoisotopic (exact) mass is 239 g/mol. The van der Waals surface area contributed by atoms with E-state index in [-0.39, 0.29) is 24.7 Å². The molecule has 0 unspecified atom stereocenters. The highest BCUT2D eigenvalue weighted by Gasteiger charge is 2.09. The van der Waals surface area contributed by atoms with Gasteiger partial charge in [0.25, 0.3) is 5.91 Å². The molecule has 0 bridgehead atoms. The largest absolute Gasteiger partial charge is 0.350 e. The Bertz CT molecular complexity index is 409. The van der Waals surface area contributed by atoms with E-state index in [0.29, 0.717) is 0 Å². The first kappa shape index (κ1) is 13.0. The highest BCUT2D eigenvalue weighted by atomic mass is 19.1. The van der Waals surface area contributed by atoms with Gasteiger partial charge in [0.05, 0.1) is 5.56 Å². The van der Waals surface area contributed by atoms with Crippen molar-refractivity contribution in [1.82, 2.24) is 16.0 Å². The fraction of sp³-hybridized carbons (Fsp3) is 0.273. The summed E-state index contributed by atoms with van der Waals surface area (Å²) >= 11 is 0. The first-order valence-corrected chi connectivity index (χ1v) is 5.13. The minimum Gasteiger partial charge on any atom is -0.350 e. The topological polar surface area (TPSA) is 70.2 Å². The summed E-state index contributed by atoms with van der Waals surface area (Å²) in [6.45, 7) is 0.514. The number of nitrogens with one attached hydrogen (secondary N) is 3. The molecule has 1 aromatic rings. The van der Waals surface area contributed by atoms with Crippen molar-refractivity contribution in [2.24, 2.45) is 0 Å². The van der Waals surface area contributed by atoms with Gasteiger partial charge in [0.15, 0.2) is 0 Å². The molecule has 0 aliphatic rings. The van der Waals surface area contributed by atoms with Gasteiger partial charge in [-0.15, -0.1) is 0 Å². The summed E-state index contributed by atoms with van der Waals surface area (Å²) < 4.78 is 13.2. The van der Waals surface area contributed by atoms with Crippen LogP contribution in [0.15, 0.2) is 24.3 Å².